The predicted molar refractivity (Wildman–Crippen MR) is 51.4 cm³/mol. The third-order valence-electron chi connectivity index (χ3n) is 1.44. The first-order chi connectivity index (χ1) is 5.75. The number of aromatic nitrogens is 1. The Labute approximate surface area is 102 Å². The quantitative estimate of drug-likeness (QED) is 0.581. The first kappa shape index (κ1) is 12.9. The maximum atomic E-state index is 9.87. The van der Waals surface area contributed by atoms with Crippen LogP contribution in [-0.2, 0) is 9.53 Å². The third kappa shape index (κ3) is 3.64. The molecule has 1 aromatic rings. The van der Waals surface area contributed by atoms with E-state index in [0.717, 1.165) is 4.88 Å². The van der Waals surface area contributed by atoms with E-state index in [9.17, 15) is 9.90 Å². The van der Waals surface area contributed by atoms with E-state index in [0.29, 0.717) is 6.47 Å². The van der Waals surface area contributed by atoms with E-state index >= 15 is 0 Å². The van der Waals surface area contributed by atoms with Gasteiger partial charge in [-0.25, -0.2) is 4.98 Å². The van der Waals surface area contributed by atoms with Crippen molar-refractivity contribution in [2.75, 3.05) is 6.61 Å². The minimum absolute atomic E-state index is 0. The maximum absolute atomic E-state index is 9.87. The van der Waals surface area contributed by atoms with Crippen molar-refractivity contribution >= 4 is 47.4 Å². The molecule has 0 aliphatic heterocycles. The van der Waals surface area contributed by atoms with E-state index in [4.69, 9.17) is 0 Å². The molecule has 0 spiro atoms. The van der Waals surface area contributed by atoms with E-state index in [-0.39, 0.29) is 48.0 Å². The normalized spacial score (nSPS) is 11.5. The Kier molecular flexibility index (Phi) is 6.32. The zero-order valence-electron chi connectivity index (χ0n) is 6.56. The molecule has 0 aromatic carbocycles. The van der Waals surface area contributed by atoms with Crippen molar-refractivity contribution in [1.29, 1.82) is 0 Å². The van der Waals surface area contributed by atoms with Gasteiger partial charge < -0.3 is 9.84 Å². The molecule has 1 rings (SSSR count). The average molecular weight is 211 g/mol. The number of nitrogens with zero attached hydrogens (tertiary/aromatic N) is 1. The monoisotopic (exact) mass is 211 g/mol. The molecule has 1 N–H and O–H groups in total. The standard InChI is InChI=1S/C7H9NO3S.Na.H/c1-5(2-11-4-9)6-7(10)8-3-12-6;;/h3-5,10H,2H2,1H3;;. The second kappa shape index (κ2) is 6.37. The summed E-state index contributed by atoms with van der Waals surface area (Å²) in [7, 11) is 0. The Hall–Kier alpha value is -0.100. The molecule has 1 atom stereocenters. The Morgan fingerprint density at radius 1 is 1.85 bits per heavy atom. The molecular weight excluding hydrogens is 201 g/mol. The van der Waals surface area contributed by atoms with Gasteiger partial charge in [-0.15, -0.1) is 11.3 Å². The third-order valence-corrected chi connectivity index (χ3v) is 2.49. The molecule has 0 bridgehead atoms. The van der Waals surface area contributed by atoms with Crippen LogP contribution in [0.1, 0.15) is 17.7 Å². The van der Waals surface area contributed by atoms with Crippen molar-refractivity contribution in [3.63, 3.8) is 0 Å². The van der Waals surface area contributed by atoms with Crippen LogP contribution in [0.25, 0.3) is 0 Å². The first-order valence-corrected chi connectivity index (χ1v) is 4.31. The number of hydrogen-bond donors (Lipinski definition) is 1. The topological polar surface area (TPSA) is 59.4 Å². The molecule has 1 aromatic heterocycles. The van der Waals surface area contributed by atoms with E-state index < -0.39 is 0 Å². The molecule has 1 unspecified atom stereocenters. The van der Waals surface area contributed by atoms with E-state index in [1.54, 1.807) is 5.51 Å². The zero-order valence-corrected chi connectivity index (χ0v) is 7.37. The number of hydrogen-bond acceptors (Lipinski definition) is 5. The van der Waals surface area contributed by atoms with E-state index in [2.05, 4.69) is 9.72 Å². The summed E-state index contributed by atoms with van der Waals surface area (Å²) >= 11 is 1.35. The molecule has 0 radical (unpaired) electrons. The number of carbonyl (C=O) groups excluding carboxylic acids is 1. The van der Waals surface area contributed by atoms with Crippen LogP contribution in [0.3, 0.4) is 0 Å². The molecule has 0 aliphatic rings. The van der Waals surface area contributed by atoms with Crippen molar-refractivity contribution in [3.8, 4) is 5.88 Å². The molecule has 4 nitrogen and oxygen atoms in total. The van der Waals surface area contributed by atoms with Gasteiger partial charge in [-0.1, -0.05) is 6.92 Å². The molecule has 0 fully saturated rings. The van der Waals surface area contributed by atoms with Gasteiger partial charge in [0.05, 0.1) is 17.0 Å². The molecule has 1 heterocycles. The van der Waals surface area contributed by atoms with Gasteiger partial charge >= 0.3 is 29.6 Å². The number of rotatable bonds is 4. The second-order valence-electron chi connectivity index (χ2n) is 2.37. The van der Waals surface area contributed by atoms with Crippen LogP contribution in [0.4, 0.5) is 0 Å². The van der Waals surface area contributed by atoms with Gasteiger partial charge in [0.25, 0.3) is 6.47 Å². The van der Waals surface area contributed by atoms with Crippen LogP contribution in [0.5, 0.6) is 5.88 Å². The zero-order chi connectivity index (χ0) is 8.97. The molecular formula is C7H10NNaO3S. The van der Waals surface area contributed by atoms with Gasteiger partial charge in [-0.2, -0.15) is 0 Å². The average Bonchev–Trinajstić information content (AvgIpc) is 2.47. The fourth-order valence-corrected chi connectivity index (χ4v) is 1.57. The SMILES string of the molecule is CC(COC=O)c1scnc1O.[NaH]. The van der Waals surface area contributed by atoms with Crippen molar-refractivity contribution < 1.29 is 14.6 Å². The van der Waals surface area contributed by atoms with Gasteiger partial charge in [0.1, 0.15) is 0 Å². The Bertz CT molecular complexity index is 266. The molecule has 0 amide bonds. The number of aromatic hydroxyl groups is 1. The molecule has 0 saturated carbocycles. The van der Waals surface area contributed by atoms with Crippen LogP contribution in [0.15, 0.2) is 5.51 Å². The molecule has 68 valence electrons. The summed E-state index contributed by atoms with van der Waals surface area (Å²) in [6.45, 7) is 2.53. The van der Waals surface area contributed by atoms with Crippen molar-refractivity contribution in [1.82, 2.24) is 4.98 Å². The Balaban J connectivity index is 0.00000144. The summed E-state index contributed by atoms with van der Waals surface area (Å²) in [5, 5.41) is 9.18. The molecule has 0 aliphatic carbocycles. The summed E-state index contributed by atoms with van der Waals surface area (Å²) in [6, 6.07) is 0. The van der Waals surface area contributed by atoms with Gasteiger partial charge in [-0.05, 0) is 0 Å². The van der Waals surface area contributed by atoms with Crippen molar-refractivity contribution in [2.24, 2.45) is 0 Å². The van der Waals surface area contributed by atoms with Crippen LogP contribution in [0, 0.1) is 0 Å². The van der Waals surface area contributed by atoms with Crippen LogP contribution >= 0.6 is 11.3 Å². The molecule has 0 saturated heterocycles. The number of thiazole rings is 1. The van der Waals surface area contributed by atoms with Gasteiger partial charge in [0.2, 0.25) is 5.88 Å². The number of carbonyl (C=O) groups is 1. The summed E-state index contributed by atoms with van der Waals surface area (Å²) < 4.78 is 4.56. The van der Waals surface area contributed by atoms with Crippen molar-refractivity contribution in [2.45, 2.75) is 12.8 Å². The summed E-state index contributed by atoms with van der Waals surface area (Å²) in [5.74, 6) is 0.0321. The summed E-state index contributed by atoms with van der Waals surface area (Å²) in [5.41, 5.74) is 1.56. The molecule has 6 heteroatoms. The van der Waals surface area contributed by atoms with Gasteiger partial charge in [0, 0.05) is 5.92 Å². The van der Waals surface area contributed by atoms with Gasteiger partial charge in [-0.3, -0.25) is 4.79 Å². The first-order valence-electron chi connectivity index (χ1n) is 3.43. The Morgan fingerprint density at radius 2 is 2.54 bits per heavy atom. The second-order valence-corrected chi connectivity index (χ2v) is 3.26. The van der Waals surface area contributed by atoms with E-state index in [1.165, 1.54) is 11.3 Å². The summed E-state index contributed by atoms with van der Waals surface area (Å²) in [6.07, 6.45) is 0. The van der Waals surface area contributed by atoms with Crippen LogP contribution < -0.4 is 0 Å². The predicted octanol–water partition coefficient (Wildman–Crippen LogP) is 0.477. The van der Waals surface area contributed by atoms with Crippen LogP contribution in [-0.4, -0.2) is 52.7 Å². The fourth-order valence-electron chi connectivity index (χ4n) is 0.845. The summed E-state index contributed by atoms with van der Waals surface area (Å²) in [4.78, 5) is 14.3. The van der Waals surface area contributed by atoms with Crippen molar-refractivity contribution in [3.05, 3.63) is 10.4 Å². The van der Waals surface area contributed by atoms with E-state index in [1.807, 2.05) is 6.92 Å². The van der Waals surface area contributed by atoms with Crippen LogP contribution in [0.2, 0.25) is 0 Å². The molecule has 13 heavy (non-hydrogen) atoms. The minimum atomic E-state index is 0. The van der Waals surface area contributed by atoms with Gasteiger partial charge in [0.15, 0.2) is 0 Å². The fraction of sp³-hybridized carbons (Fsp3) is 0.429. The number of ether oxygens (including phenoxy) is 1. The Morgan fingerprint density at radius 3 is 3.00 bits per heavy atom.